The van der Waals surface area contributed by atoms with Crippen LogP contribution in [0.2, 0.25) is 5.02 Å². The van der Waals surface area contributed by atoms with Gasteiger partial charge in [-0.25, -0.2) is 0 Å². The third-order valence-corrected chi connectivity index (χ3v) is 2.34. The van der Waals surface area contributed by atoms with Crippen molar-refractivity contribution in [3.63, 3.8) is 0 Å². The summed E-state index contributed by atoms with van der Waals surface area (Å²) in [7, 11) is 0. The first kappa shape index (κ1) is 11.3. The maximum Gasteiger partial charge on any atom is 0.134 e. The molecule has 2 nitrogen and oxygen atoms in total. The monoisotopic (exact) mass is 214 g/mol. The van der Waals surface area contributed by atoms with Crippen LogP contribution >= 0.6 is 11.6 Å². The van der Waals surface area contributed by atoms with Crippen LogP contribution in [0.3, 0.4) is 0 Å². The molecule has 0 aromatic heterocycles. The van der Waals surface area contributed by atoms with E-state index in [2.05, 4.69) is 0 Å². The zero-order chi connectivity index (χ0) is 10.8. The molecule has 0 atom stereocenters. The minimum atomic E-state index is -0.662. The van der Waals surface area contributed by atoms with Crippen LogP contribution < -0.4 is 0 Å². The minimum absolute atomic E-state index is 0.0960. The Morgan fingerprint density at radius 1 is 1.36 bits per heavy atom. The molecule has 14 heavy (non-hydrogen) atoms. The molecule has 1 aromatic carbocycles. The zero-order valence-corrected chi connectivity index (χ0v) is 9.17. The lowest BCUT2D eigenvalue weighted by Crippen LogP contribution is -2.19. The highest BCUT2D eigenvalue weighted by atomic mass is 35.5. The molecule has 0 amide bonds. The Morgan fingerprint density at radius 3 is 2.50 bits per heavy atom. The number of hydrogen-bond donors (Lipinski definition) is 2. The standard InChI is InChI=1S/C11H15ClO2/c1-11(2,14)6-5-8-3-4-10(13)9(12)7-8/h3-4,7,13-14H,5-6H2,1-2H3. The van der Waals surface area contributed by atoms with Crippen molar-refractivity contribution in [1.29, 1.82) is 0 Å². The van der Waals surface area contributed by atoms with Gasteiger partial charge in [0.1, 0.15) is 5.75 Å². The van der Waals surface area contributed by atoms with Crippen molar-refractivity contribution in [2.24, 2.45) is 0 Å². The second-order valence-electron chi connectivity index (χ2n) is 4.10. The molecule has 0 spiro atoms. The van der Waals surface area contributed by atoms with E-state index in [1.165, 1.54) is 0 Å². The molecule has 0 fully saturated rings. The smallest absolute Gasteiger partial charge is 0.134 e. The van der Waals surface area contributed by atoms with Crippen LogP contribution in [0.5, 0.6) is 5.75 Å². The molecular formula is C11H15ClO2. The molecule has 0 radical (unpaired) electrons. The van der Waals surface area contributed by atoms with Crippen molar-refractivity contribution in [1.82, 2.24) is 0 Å². The summed E-state index contributed by atoms with van der Waals surface area (Å²) in [6.45, 7) is 3.55. The highest BCUT2D eigenvalue weighted by Gasteiger charge is 2.12. The van der Waals surface area contributed by atoms with Gasteiger partial charge in [-0.05, 0) is 44.4 Å². The molecule has 78 valence electrons. The maximum atomic E-state index is 9.52. The number of aliphatic hydroxyl groups is 1. The highest BCUT2D eigenvalue weighted by molar-refractivity contribution is 6.32. The van der Waals surface area contributed by atoms with Crippen LogP contribution in [-0.2, 0) is 6.42 Å². The predicted octanol–water partition coefficient (Wildman–Crippen LogP) is 2.75. The van der Waals surface area contributed by atoms with E-state index in [0.29, 0.717) is 11.4 Å². The summed E-state index contributed by atoms with van der Waals surface area (Å²) in [5, 5.41) is 19.1. The quantitative estimate of drug-likeness (QED) is 0.813. The number of aromatic hydroxyl groups is 1. The SMILES string of the molecule is CC(C)(O)CCc1ccc(O)c(Cl)c1. The molecule has 0 heterocycles. The molecule has 1 rings (SSSR count). The second kappa shape index (κ2) is 4.20. The van der Waals surface area contributed by atoms with Gasteiger partial charge < -0.3 is 10.2 Å². The summed E-state index contributed by atoms with van der Waals surface area (Å²) in [5.41, 5.74) is 0.361. The van der Waals surface area contributed by atoms with Crippen molar-refractivity contribution < 1.29 is 10.2 Å². The Hall–Kier alpha value is -0.730. The minimum Gasteiger partial charge on any atom is -0.506 e. The van der Waals surface area contributed by atoms with E-state index in [1.54, 1.807) is 26.0 Å². The molecule has 0 unspecified atom stereocenters. The van der Waals surface area contributed by atoms with E-state index < -0.39 is 5.60 Å². The first-order valence-electron chi connectivity index (χ1n) is 4.58. The van der Waals surface area contributed by atoms with Crippen LogP contribution in [0.15, 0.2) is 18.2 Å². The van der Waals surface area contributed by atoms with Crippen LogP contribution in [0.1, 0.15) is 25.8 Å². The van der Waals surface area contributed by atoms with Crippen molar-refractivity contribution in [3.8, 4) is 5.75 Å². The number of hydrogen-bond acceptors (Lipinski definition) is 2. The number of phenols is 1. The van der Waals surface area contributed by atoms with E-state index in [-0.39, 0.29) is 5.75 Å². The fraction of sp³-hybridized carbons (Fsp3) is 0.455. The first-order valence-corrected chi connectivity index (χ1v) is 4.96. The summed E-state index contributed by atoms with van der Waals surface area (Å²) < 4.78 is 0. The number of halogens is 1. The van der Waals surface area contributed by atoms with Crippen molar-refractivity contribution in [2.75, 3.05) is 0 Å². The lowest BCUT2D eigenvalue weighted by Gasteiger charge is -2.16. The van der Waals surface area contributed by atoms with Gasteiger partial charge in [0.15, 0.2) is 0 Å². The third kappa shape index (κ3) is 3.56. The Balaban J connectivity index is 2.65. The van der Waals surface area contributed by atoms with Crippen LogP contribution in [0, 0.1) is 0 Å². The van der Waals surface area contributed by atoms with Crippen LogP contribution in [-0.4, -0.2) is 15.8 Å². The van der Waals surface area contributed by atoms with Crippen molar-refractivity contribution in [2.45, 2.75) is 32.3 Å². The van der Waals surface area contributed by atoms with Crippen LogP contribution in [0.4, 0.5) is 0 Å². The number of aryl methyl sites for hydroxylation is 1. The van der Waals surface area contributed by atoms with Gasteiger partial charge in [-0.2, -0.15) is 0 Å². The number of benzene rings is 1. The molecule has 0 aliphatic carbocycles. The Labute approximate surface area is 89.1 Å². The topological polar surface area (TPSA) is 40.5 Å². The predicted molar refractivity (Wildman–Crippen MR) is 57.7 cm³/mol. The van der Waals surface area contributed by atoms with Crippen LogP contribution in [0.25, 0.3) is 0 Å². The van der Waals surface area contributed by atoms with E-state index in [0.717, 1.165) is 12.0 Å². The average molecular weight is 215 g/mol. The number of phenolic OH excluding ortho intramolecular Hbond substituents is 1. The fourth-order valence-corrected chi connectivity index (χ4v) is 1.36. The van der Waals surface area contributed by atoms with E-state index in [1.807, 2.05) is 6.07 Å². The van der Waals surface area contributed by atoms with E-state index in [4.69, 9.17) is 11.6 Å². The van der Waals surface area contributed by atoms with Gasteiger partial charge in [0, 0.05) is 0 Å². The highest BCUT2D eigenvalue weighted by Crippen LogP contribution is 2.25. The molecule has 0 aliphatic heterocycles. The molecule has 0 saturated carbocycles. The van der Waals surface area contributed by atoms with Crippen molar-refractivity contribution >= 4 is 11.6 Å². The lowest BCUT2D eigenvalue weighted by atomic mass is 9.99. The Morgan fingerprint density at radius 2 is 2.00 bits per heavy atom. The maximum absolute atomic E-state index is 9.52. The molecule has 3 heteroatoms. The molecular weight excluding hydrogens is 200 g/mol. The van der Waals surface area contributed by atoms with Gasteiger partial charge in [-0.3, -0.25) is 0 Å². The Kier molecular flexibility index (Phi) is 3.40. The molecule has 0 saturated heterocycles. The molecule has 0 bridgehead atoms. The third-order valence-electron chi connectivity index (χ3n) is 2.04. The second-order valence-corrected chi connectivity index (χ2v) is 4.51. The van der Waals surface area contributed by atoms with Gasteiger partial charge in [-0.15, -0.1) is 0 Å². The summed E-state index contributed by atoms with van der Waals surface area (Å²) in [4.78, 5) is 0. The van der Waals surface area contributed by atoms with E-state index in [9.17, 15) is 10.2 Å². The molecule has 1 aromatic rings. The van der Waals surface area contributed by atoms with Gasteiger partial charge in [0.25, 0.3) is 0 Å². The summed E-state index contributed by atoms with van der Waals surface area (Å²) in [6.07, 6.45) is 1.43. The first-order chi connectivity index (χ1) is 6.38. The Bertz CT molecular complexity index is 316. The zero-order valence-electron chi connectivity index (χ0n) is 8.42. The summed E-state index contributed by atoms with van der Waals surface area (Å²) in [5.74, 6) is 0.0960. The number of rotatable bonds is 3. The normalized spacial score (nSPS) is 11.7. The van der Waals surface area contributed by atoms with Gasteiger partial charge in [0.05, 0.1) is 10.6 Å². The van der Waals surface area contributed by atoms with Crippen molar-refractivity contribution in [3.05, 3.63) is 28.8 Å². The largest absolute Gasteiger partial charge is 0.506 e. The molecule has 2 N–H and O–H groups in total. The fourth-order valence-electron chi connectivity index (χ4n) is 1.16. The average Bonchev–Trinajstić information content (AvgIpc) is 2.06. The van der Waals surface area contributed by atoms with Gasteiger partial charge in [0.2, 0.25) is 0 Å². The van der Waals surface area contributed by atoms with E-state index >= 15 is 0 Å². The summed E-state index contributed by atoms with van der Waals surface area (Å²) >= 11 is 5.75. The van der Waals surface area contributed by atoms with Gasteiger partial charge >= 0.3 is 0 Å². The molecule has 0 aliphatic rings. The lowest BCUT2D eigenvalue weighted by molar-refractivity contribution is 0.0714. The van der Waals surface area contributed by atoms with Gasteiger partial charge in [-0.1, -0.05) is 17.7 Å². The summed E-state index contributed by atoms with van der Waals surface area (Å²) in [6, 6.07) is 5.11.